The van der Waals surface area contributed by atoms with Crippen LogP contribution in [-0.4, -0.2) is 49.7 Å². The van der Waals surface area contributed by atoms with Crippen LogP contribution in [0.25, 0.3) is 10.8 Å². The summed E-state index contributed by atoms with van der Waals surface area (Å²) in [7, 11) is 1.35. The van der Waals surface area contributed by atoms with Crippen molar-refractivity contribution in [2.75, 3.05) is 26.7 Å². The second-order valence-corrected chi connectivity index (χ2v) is 6.85. The number of ether oxygens (including phenoxy) is 2. The van der Waals surface area contributed by atoms with E-state index in [2.05, 4.69) is 5.32 Å². The second kappa shape index (κ2) is 8.91. The molecule has 2 aromatic rings. The lowest BCUT2D eigenvalue weighted by Gasteiger charge is -2.32. The number of carbonyl (C=O) groups excluding carboxylic acids is 2. The molecular weight excluding hydrogens is 363 g/mol. The minimum absolute atomic E-state index is 0.0615. The predicted molar refractivity (Wildman–Crippen MR) is 104 cm³/mol. The highest BCUT2D eigenvalue weighted by Gasteiger charge is 2.24. The normalized spacial score (nSPS) is 14.8. The average Bonchev–Trinajstić information content (AvgIpc) is 2.69. The lowest BCUT2D eigenvalue weighted by atomic mass is 10.0. The molecule has 0 spiro atoms. The van der Waals surface area contributed by atoms with Crippen molar-refractivity contribution in [2.45, 2.75) is 32.3 Å². The Balaban J connectivity index is 1.78. The number of benzene rings is 2. The Morgan fingerprint density at radius 1 is 1.21 bits per heavy atom. The number of hydrogen-bond acceptors (Lipinski definition) is 4. The molecule has 0 saturated carbocycles. The van der Waals surface area contributed by atoms with E-state index >= 15 is 0 Å². The molecule has 1 heterocycles. The molecule has 1 aliphatic rings. The van der Waals surface area contributed by atoms with E-state index in [1.54, 1.807) is 17.0 Å². The third-order valence-electron chi connectivity index (χ3n) is 4.87. The first-order valence-electron chi connectivity index (χ1n) is 9.48. The summed E-state index contributed by atoms with van der Waals surface area (Å²) in [5.41, 5.74) is 0.751. The summed E-state index contributed by atoms with van der Waals surface area (Å²) in [6.07, 6.45) is 1.42. The van der Waals surface area contributed by atoms with Crippen molar-refractivity contribution < 1.29 is 23.5 Å². The minimum Gasteiger partial charge on any atom is -0.490 e. The number of fused-ring (bicyclic) bond motifs is 1. The van der Waals surface area contributed by atoms with E-state index in [1.807, 2.05) is 13.0 Å². The van der Waals surface area contributed by atoms with Crippen LogP contribution in [0.4, 0.5) is 9.18 Å². The number of esters is 1. The van der Waals surface area contributed by atoms with Crippen LogP contribution in [-0.2, 0) is 16.0 Å². The second-order valence-electron chi connectivity index (χ2n) is 6.85. The average molecular weight is 388 g/mol. The van der Waals surface area contributed by atoms with Crippen LogP contribution in [0, 0.1) is 5.82 Å². The quantitative estimate of drug-likeness (QED) is 0.799. The highest BCUT2D eigenvalue weighted by molar-refractivity contribution is 5.90. The Morgan fingerprint density at radius 2 is 1.96 bits per heavy atom. The molecular formula is C21H25FN2O4. The first-order chi connectivity index (χ1) is 13.5. The van der Waals surface area contributed by atoms with Gasteiger partial charge in [-0.1, -0.05) is 12.1 Å². The third kappa shape index (κ3) is 4.71. The third-order valence-corrected chi connectivity index (χ3v) is 4.87. The molecule has 28 heavy (non-hydrogen) atoms. The topological polar surface area (TPSA) is 67.9 Å². The number of methoxy groups -OCH3 is 1. The molecule has 7 heteroatoms. The fourth-order valence-electron chi connectivity index (χ4n) is 3.41. The molecule has 6 nitrogen and oxygen atoms in total. The number of urea groups is 1. The van der Waals surface area contributed by atoms with Crippen molar-refractivity contribution in [1.82, 2.24) is 10.2 Å². The lowest BCUT2D eigenvalue weighted by molar-refractivity contribution is -0.139. The van der Waals surface area contributed by atoms with E-state index in [0.29, 0.717) is 43.6 Å². The van der Waals surface area contributed by atoms with Gasteiger partial charge in [0.2, 0.25) is 0 Å². The Bertz CT molecular complexity index is 863. The van der Waals surface area contributed by atoms with Crippen LogP contribution in [0.15, 0.2) is 30.3 Å². The largest absolute Gasteiger partial charge is 0.490 e. The minimum atomic E-state index is -0.345. The predicted octanol–water partition coefficient (Wildman–Crippen LogP) is 3.27. The summed E-state index contributed by atoms with van der Waals surface area (Å²) in [4.78, 5) is 25.4. The number of nitrogens with one attached hydrogen (secondary N) is 1. The van der Waals surface area contributed by atoms with Crippen molar-refractivity contribution in [1.29, 1.82) is 0 Å². The van der Waals surface area contributed by atoms with Crippen LogP contribution in [0.3, 0.4) is 0 Å². The first kappa shape index (κ1) is 19.9. The summed E-state index contributed by atoms with van der Waals surface area (Å²) in [5.74, 6) is -0.140. The van der Waals surface area contributed by atoms with Gasteiger partial charge >= 0.3 is 12.0 Å². The molecule has 0 atom stereocenters. The maximum Gasteiger partial charge on any atom is 0.317 e. The van der Waals surface area contributed by atoms with E-state index in [4.69, 9.17) is 9.47 Å². The fraction of sp³-hybridized carbons (Fsp3) is 0.429. The maximum atomic E-state index is 13.8. The summed E-state index contributed by atoms with van der Waals surface area (Å²) in [6.45, 7) is 3.69. The van der Waals surface area contributed by atoms with Gasteiger partial charge in [0.25, 0.3) is 0 Å². The Morgan fingerprint density at radius 3 is 2.64 bits per heavy atom. The zero-order chi connectivity index (χ0) is 20.1. The van der Waals surface area contributed by atoms with Gasteiger partial charge in [-0.3, -0.25) is 4.79 Å². The number of rotatable bonds is 5. The van der Waals surface area contributed by atoms with Crippen LogP contribution in [0.1, 0.15) is 25.3 Å². The van der Waals surface area contributed by atoms with Gasteiger partial charge in [0.05, 0.1) is 13.5 Å². The molecule has 2 aromatic carbocycles. The molecule has 1 fully saturated rings. The Hall–Kier alpha value is -2.83. The van der Waals surface area contributed by atoms with Crippen molar-refractivity contribution in [3.05, 3.63) is 41.7 Å². The molecule has 0 aromatic heterocycles. The van der Waals surface area contributed by atoms with Crippen LogP contribution in [0.5, 0.6) is 5.75 Å². The molecule has 3 rings (SSSR count). The smallest absolute Gasteiger partial charge is 0.317 e. The molecule has 150 valence electrons. The maximum absolute atomic E-state index is 13.8. The lowest BCUT2D eigenvalue weighted by Crippen LogP contribution is -2.46. The van der Waals surface area contributed by atoms with Crippen molar-refractivity contribution in [3.8, 4) is 5.75 Å². The first-order valence-corrected chi connectivity index (χ1v) is 9.48. The zero-order valence-corrected chi connectivity index (χ0v) is 16.2. The number of hydrogen-bond donors (Lipinski definition) is 1. The number of carbonyl (C=O) groups is 2. The Kier molecular flexibility index (Phi) is 6.34. The monoisotopic (exact) mass is 388 g/mol. The molecule has 1 saturated heterocycles. The van der Waals surface area contributed by atoms with Crippen molar-refractivity contribution in [3.63, 3.8) is 0 Å². The molecule has 0 bridgehead atoms. The van der Waals surface area contributed by atoms with Gasteiger partial charge in [0.1, 0.15) is 17.7 Å². The summed E-state index contributed by atoms with van der Waals surface area (Å²) < 4.78 is 24.7. The summed E-state index contributed by atoms with van der Waals surface area (Å²) >= 11 is 0. The number of likely N-dealkylation sites (tertiary alicyclic amines) is 1. The molecule has 1 N–H and O–H groups in total. The SMILES string of the molecule is CCNC(=O)N1CCC(Oc2cc(CC(=O)OC)cc3ccc(F)cc23)CC1. The number of amides is 2. The van der Waals surface area contributed by atoms with Gasteiger partial charge in [0.15, 0.2) is 0 Å². The van der Waals surface area contributed by atoms with Gasteiger partial charge in [-0.05, 0) is 36.1 Å². The summed E-state index contributed by atoms with van der Waals surface area (Å²) in [5, 5.41) is 4.27. The zero-order valence-electron chi connectivity index (χ0n) is 16.2. The van der Waals surface area contributed by atoms with Gasteiger partial charge in [-0.15, -0.1) is 0 Å². The molecule has 0 radical (unpaired) electrons. The fourth-order valence-corrected chi connectivity index (χ4v) is 3.41. The van der Waals surface area contributed by atoms with E-state index < -0.39 is 0 Å². The summed E-state index contributed by atoms with van der Waals surface area (Å²) in [6, 6.07) is 8.06. The highest BCUT2D eigenvalue weighted by atomic mass is 19.1. The van der Waals surface area contributed by atoms with Crippen LogP contribution in [0.2, 0.25) is 0 Å². The molecule has 1 aliphatic heterocycles. The van der Waals surface area contributed by atoms with E-state index in [9.17, 15) is 14.0 Å². The van der Waals surface area contributed by atoms with Crippen molar-refractivity contribution >= 4 is 22.8 Å². The van der Waals surface area contributed by atoms with Crippen LogP contribution >= 0.6 is 0 Å². The van der Waals surface area contributed by atoms with Gasteiger partial charge in [0, 0.05) is 37.9 Å². The van der Waals surface area contributed by atoms with Gasteiger partial charge in [-0.25, -0.2) is 9.18 Å². The highest BCUT2D eigenvalue weighted by Crippen LogP contribution is 2.31. The molecule has 0 aliphatic carbocycles. The van der Waals surface area contributed by atoms with Gasteiger partial charge in [-0.2, -0.15) is 0 Å². The van der Waals surface area contributed by atoms with Gasteiger partial charge < -0.3 is 19.7 Å². The van der Waals surface area contributed by atoms with E-state index in [-0.39, 0.29) is 30.3 Å². The van der Waals surface area contributed by atoms with Crippen molar-refractivity contribution in [2.24, 2.45) is 0 Å². The Labute approximate surface area is 163 Å². The molecule has 2 amide bonds. The van der Waals surface area contributed by atoms with E-state index in [1.165, 1.54) is 19.2 Å². The number of nitrogens with zero attached hydrogens (tertiary/aromatic N) is 1. The number of piperidine rings is 1. The number of halogens is 1. The molecule has 0 unspecified atom stereocenters. The standard InChI is InChI=1S/C21H25FN2O4/c1-3-23-21(26)24-8-6-17(7-9-24)28-19-11-14(12-20(25)27-2)10-15-4-5-16(22)13-18(15)19/h4-5,10-11,13,17H,3,6-9,12H2,1-2H3,(H,23,26). The van der Waals surface area contributed by atoms with Crippen LogP contribution < -0.4 is 10.1 Å². The van der Waals surface area contributed by atoms with E-state index in [0.717, 1.165) is 10.9 Å².